The van der Waals surface area contributed by atoms with E-state index in [1.54, 1.807) is 46.5 Å². The monoisotopic (exact) mass is 490 g/mol. The van der Waals surface area contributed by atoms with Crippen molar-refractivity contribution in [3.05, 3.63) is 48.0 Å². The van der Waals surface area contributed by atoms with Crippen LogP contribution in [0.5, 0.6) is 0 Å². The standard InChI is InChI=1S/C26H30N6O4/c33-24(29-16-4-3-5-17(12-16)30-26(35)31-10-1-2-11-31)22-14-20-21(28-9-8-27-20)15-32(22)25(34)19-13-18-6-7-23(19)36-18/h3-5,8-9,12,18-19,22-23H,1-2,6-7,10-11,13-15H2,(H,29,33)(H,30,35)/t18-,19-,22?,23+/m1/s1. The van der Waals surface area contributed by atoms with E-state index < -0.39 is 6.04 Å². The lowest BCUT2D eigenvalue weighted by Crippen LogP contribution is -2.53. The molecule has 2 aromatic rings. The number of carbonyl (C=O) groups is 3. The average Bonchev–Trinajstić information content (AvgIpc) is 3.67. The van der Waals surface area contributed by atoms with Crippen molar-refractivity contribution >= 4 is 29.2 Å². The van der Waals surface area contributed by atoms with E-state index in [0.717, 1.165) is 50.2 Å². The van der Waals surface area contributed by atoms with Crippen molar-refractivity contribution in [3.8, 4) is 0 Å². The second-order valence-electron chi connectivity index (χ2n) is 10.0. The number of rotatable bonds is 4. The summed E-state index contributed by atoms with van der Waals surface area (Å²) in [6.45, 7) is 1.76. The van der Waals surface area contributed by atoms with E-state index in [-0.39, 0.29) is 42.5 Å². The molecule has 2 bridgehead atoms. The van der Waals surface area contributed by atoms with Gasteiger partial charge in [0.2, 0.25) is 11.8 Å². The molecule has 5 heterocycles. The Hall–Kier alpha value is -3.53. The summed E-state index contributed by atoms with van der Waals surface area (Å²) >= 11 is 0. The number of amides is 4. The first-order valence-corrected chi connectivity index (χ1v) is 12.8. The van der Waals surface area contributed by atoms with Crippen molar-refractivity contribution in [2.75, 3.05) is 23.7 Å². The highest BCUT2D eigenvalue weighted by Crippen LogP contribution is 2.40. The molecular weight excluding hydrogens is 460 g/mol. The van der Waals surface area contributed by atoms with Crippen LogP contribution in [0.3, 0.4) is 0 Å². The molecule has 10 heteroatoms. The first-order chi connectivity index (χ1) is 17.5. The number of urea groups is 1. The Kier molecular flexibility index (Phi) is 6.04. The summed E-state index contributed by atoms with van der Waals surface area (Å²) in [6, 6.07) is 6.24. The van der Waals surface area contributed by atoms with E-state index in [0.29, 0.717) is 24.2 Å². The number of anilines is 2. The van der Waals surface area contributed by atoms with Gasteiger partial charge in [0.25, 0.3) is 0 Å². The van der Waals surface area contributed by atoms with Gasteiger partial charge < -0.3 is 25.2 Å². The van der Waals surface area contributed by atoms with Crippen LogP contribution in [-0.2, 0) is 27.3 Å². The zero-order valence-corrected chi connectivity index (χ0v) is 20.1. The van der Waals surface area contributed by atoms with Crippen LogP contribution in [-0.4, -0.2) is 69.0 Å². The number of fused-ring (bicyclic) bond motifs is 3. The molecule has 4 amide bonds. The van der Waals surface area contributed by atoms with Crippen molar-refractivity contribution in [2.45, 2.75) is 63.3 Å². The number of benzene rings is 1. The lowest BCUT2D eigenvalue weighted by molar-refractivity contribution is -0.145. The van der Waals surface area contributed by atoms with E-state index in [2.05, 4.69) is 20.6 Å². The van der Waals surface area contributed by atoms with E-state index in [9.17, 15) is 14.4 Å². The summed E-state index contributed by atoms with van der Waals surface area (Å²) in [4.78, 5) is 51.9. The molecule has 36 heavy (non-hydrogen) atoms. The number of carbonyl (C=O) groups excluding carboxylic acids is 3. The van der Waals surface area contributed by atoms with Crippen molar-refractivity contribution in [1.29, 1.82) is 0 Å². The Morgan fingerprint density at radius 2 is 1.72 bits per heavy atom. The molecule has 188 valence electrons. The fourth-order valence-corrected chi connectivity index (χ4v) is 5.86. The molecule has 0 spiro atoms. The van der Waals surface area contributed by atoms with E-state index in [4.69, 9.17) is 4.74 Å². The van der Waals surface area contributed by atoms with Gasteiger partial charge in [-0.15, -0.1) is 0 Å². The molecule has 0 saturated carbocycles. The van der Waals surface area contributed by atoms with Gasteiger partial charge in [-0.3, -0.25) is 19.6 Å². The van der Waals surface area contributed by atoms with E-state index in [1.165, 1.54) is 0 Å². The molecule has 4 atom stereocenters. The second-order valence-corrected chi connectivity index (χ2v) is 10.0. The van der Waals surface area contributed by atoms with Gasteiger partial charge in [-0.25, -0.2) is 4.79 Å². The van der Waals surface area contributed by atoms with Crippen LogP contribution >= 0.6 is 0 Å². The molecule has 6 rings (SSSR count). The molecule has 0 radical (unpaired) electrons. The summed E-state index contributed by atoms with van der Waals surface area (Å²) in [5.74, 6) is -0.557. The number of nitrogens with one attached hydrogen (secondary N) is 2. The van der Waals surface area contributed by atoms with Crippen molar-refractivity contribution < 1.29 is 19.1 Å². The SMILES string of the molecule is O=C(Nc1cccc(NC(=O)N2CCCC2)c1)C1Cc2nccnc2CN1C(=O)[C@@H]1C[C@H]2CC[C@@H]1O2. The predicted molar refractivity (Wildman–Crippen MR) is 131 cm³/mol. The fourth-order valence-electron chi connectivity index (χ4n) is 5.86. The summed E-state index contributed by atoms with van der Waals surface area (Å²) in [7, 11) is 0. The lowest BCUT2D eigenvalue weighted by atomic mass is 9.87. The normalized spacial score (nSPS) is 26.6. The molecule has 3 saturated heterocycles. The number of aromatic nitrogens is 2. The van der Waals surface area contributed by atoms with Crippen LogP contribution in [0, 0.1) is 5.92 Å². The smallest absolute Gasteiger partial charge is 0.321 e. The maximum absolute atomic E-state index is 13.6. The third-order valence-electron chi connectivity index (χ3n) is 7.73. The highest BCUT2D eigenvalue weighted by Gasteiger charge is 2.48. The minimum atomic E-state index is -0.705. The fraction of sp³-hybridized carbons (Fsp3) is 0.500. The summed E-state index contributed by atoms with van der Waals surface area (Å²) in [5.41, 5.74) is 2.62. The topological polar surface area (TPSA) is 117 Å². The molecule has 2 N–H and O–H groups in total. The summed E-state index contributed by atoms with van der Waals surface area (Å²) in [6.07, 6.45) is 8.23. The van der Waals surface area contributed by atoms with Crippen molar-refractivity contribution in [2.24, 2.45) is 5.92 Å². The third-order valence-corrected chi connectivity index (χ3v) is 7.73. The zero-order chi connectivity index (χ0) is 24.6. The number of likely N-dealkylation sites (tertiary alicyclic amines) is 1. The molecule has 1 unspecified atom stereocenters. The van der Waals surface area contributed by atoms with Gasteiger partial charge in [0.05, 0.1) is 36.1 Å². The Bertz CT molecular complexity index is 1180. The van der Waals surface area contributed by atoms with Crippen LogP contribution < -0.4 is 10.6 Å². The van der Waals surface area contributed by atoms with E-state index >= 15 is 0 Å². The number of hydrogen-bond acceptors (Lipinski definition) is 6. The molecular formula is C26H30N6O4. The molecule has 4 aliphatic heterocycles. The van der Waals surface area contributed by atoms with Crippen molar-refractivity contribution in [3.63, 3.8) is 0 Å². The number of hydrogen-bond donors (Lipinski definition) is 2. The van der Waals surface area contributed by atoms with Crippen LogP contribution in [0.2, 0.25) is 0 Å². The van der Waals surface area contributed by atoms with Crippen LogP contribution in [0.25, 0.3) is 0 Å². The van der Waals surface area contributed by atoms with Gasteiger partial charge >= 0.3 is 6.03 Å². The van der Waals surface area contributed by atoms with Crippen LogP contribution in [0.15, 0.2) is 36.7 Å². The molecule has 1 aromatic heterocycles. The third kappa shape index (κ3) is 4.41. The van der Waals surface area contributed by atoms with E-state index in [1.807, 2.05) is 0 Å². The van der Waals surface area contributed by atoms with Gasteiger partial charge in [-0.1, -0.05) is 6.07 Å². The Morgan fingerprint density at radius 1 is 0.972 bits per heavy atom. The average molecular weight is 491 g/mol. The first kappa shape index (κ1) is 22.9. The van der Waals surface area contributed by atoms with Gasteiger partial charge in [0.1, 0.15) is 6.04 Å². The van der Waals surface area contributed by atoms with Gasteiger partial charge in [-0.05, 0) is 50.3 Å². The summed E-state index contributed by atoms with van der Waals surface area (Å²) in [5, 5.41) is 5.87. The van der Waals surface area contributed by atoms with Crippen LogP contribution in [0.1, 0.15) is 43.5 Å². The molecule has 0 aliphatic carbocycles. The maximum Gasteiger partial charge on any atom is 0.321 e. The van der Waals surface area contributed by atoms with Gasteiger partial charge in [0, 0.05) is 43.3 Å². The molecule has 3 fully saturated rings. The highest BCUT2D eigenvalue weighted by molar-refractivity contribution is 5.99. The second kappa shape index (κ2) is 9.50. The minimum Gasteiger partial charge on any atom is -0.374 e. The Labute approximate surface area is 209 Å². The van der Waals surface area contributed by atoms with Crippen molar-refractivity contribution in [1.82, 2.24) is 19.8 Å². The predicted octanol–water partition coefficient (Wildman–Crippen LogP) is 2.56. The van der Waals surface area contributed by atoms with Crippen LogP contribution in [0.4, 0.5) is 16.2 Å². The molecule has 4 aliphatic rings. The lowest BCUT2D eigenvalue weighted by Gasteiger charge is -2.37. The van der Waals surface area contributed by atoms with Gasteiger partial charge in [-0.2, -0.15) is 0 Å². The quantitative estimate of drug-likeness (QED) is 0.681. The summed E-state index contributed by atoms with van der Waals surface area (Å²) < 4.78 is 5.93. The zero-order valence-electron chi connectivity index (χ0n) is 20.1. The maximum atomic E-state index is 13.6. The Balaban J connectivity index is 1.19. The molecule has 1 aromatic carbocycles. The minimum absolute atomic E-state index is 0.0507. The number of ether oxygens (including phenoxy) is 1. The highest BCUT2D eigenvalue weighted by atomic mass is 16.5. The van der Waals surface area contributed by atoms with Gasteiger partial charge in [0.15, 0.2) is 0 Å². The Morgan fingerprint density at radius 3 is 2.44 bits per heavy atom. The largest absolute Gasteiger partial charge is 0.374 e. The number of nitrogens with zero attached hydrogens (tertiary/aromatic N) is 4. The first-order valence-electron chi connectivity index (χ1n) is 12.8. The molecule has 10 nitrogen and oxygen atoms in total.